The van der Waals surface area contributed by atoms with Gasteiger partial charge in [-0.25, -0.2) is 0 Å². The van der Waals surface area contributed by atoms with E-state index in [0.29, 0.717) is 6.54 Å². The molecule has 1 unspecified atom stereocenters. The lowest BCUT2D eigenvalue weighted by molar-refractivity contribution is 0.672. The Bertz CT molecular complexity index is 447. The summed E-state index contributed by atoms with van der Waals surface area (Å²) in [6, 6.07) is 3.82. The van der Waals surface area contributed by atoms with Crippen molar-refractivity contribution < 1.29 is 0 Å². The SMILES string of the molecule is Cc1ccc2nnc(C(C)CN)n2n1. The number of hydrogen-bond acceptors (Lipinski definition) is 4. The van der Waals surface area contributed by atoms with E-state index in [1.807, 2.05) is 26.0 Å². The lowest BCUT2D eigenvalue weighted by atomic mass is 10.2. The number of nitrogens with two attached hydrogens (primary N) is 1. The number of aryl methyl sites for hydroxylation is 1. The van der Waals surface area contributed by atoms with Crippen LogP contribution in [0.2, 0.25) is 0 Å². The molecule has 0 aliphatic heterocycles. The van der Waals surface area contributed by atoms with Gasteiger partial charge in [-0.2, -0.15) is 9.61 Å². The Labute approximate surface area is 81.9 Å². The van der Waals surface area contributed by atoms with Crippen molar-refractivity contribution in [3.8, 4) is 0 Å². The molecule has 0 saturated carbocycles. The largest absolute Gasteiger partial charge is 0.330 e. The van der Waals surface area contributed by atoms with Crippen LogP contribution in [-0.2, 0) is 0 Å². The maximum Gasteiger partial charge on any atom is 0.177 e. The molecule has 0 radical (unpaired) electrons. The molecule has 0 aromatic carbocycles. The predicted octanol–water partition coefficient (Wildman–Crippen LogP) is 0.495. The Kier molecular flexibility index (Phi) is 2.17. The highest BCUT2D eigenvalue weighted by molar-refractivity contribution is 5.36. The zero-order valence-corrected chi connectivity index (χ0v) is 8.31. The first-order valence-electron chi connectivity index (χ1n) is 4.61. The quantitative estimate of drug-likeness (QED) is 0.750. The fraction of sp³-hybridized carbons (Fsp3) is 0.444. The van der Waals surface area contributed by atoms with E-state index >= 15 is 0 Å². The predicted molar refractivity (Wildman–Crippen MR) is 53.0 cm³/mol. The van der Waals surface area contributed by atoms with E-state index in [1.165, 1.54) is 0 Å². The molecular weight excluding hydrogens is 178 g/mol. The van der Waals surface area contributed by atoms with Gasteiger partial charge in [-0.3, -0.25) is 0 Å². The maximum atomic E-state index is 5.58. The molecule has 0 aliphatic carbocycles. The number of aromatic nitrogens is 4. The normalized spacial score (nSPS) is 13.4. The Morgan fingerprint density at radius 1 is 1.43 bits per heavy atom. The summed E-state index contributed by atoms with van der Waals surface area (Å²) in [5.74, 6) is 1.01. The van der Waals surface area contributed by atoms with Crippen molar-refractivity contribution in [2.75, 3.05) is 6.54 Å². The van der Waals surface area contributed by atoms with Crippen LogP contribution < -0.4 is 5.73 Å². The third-order valence-electron chi connectivity index (χ3n) is 2.21. The number of nitrogens with zero attached hydrogens (tertiary/aromatic N) is 4. The summed E-state index contributed by atoms with van der Waals surface area (Å²) in [4.78, 5) is 0. The highest BCUT2D eigenvalue weighted by Gasteiger charge is 2.12. The molecule has 1 atom stereocenters. The van der Waals surface area contributed by atoms with Crippen molar-refractivity contribution in [1.82, 2.24) is 19.8 Å². The first-order chi connectivity index (χ1) is 6.72. The molecule has 5 heteroatoms. The van der Waals surface area contributed by atoms with Gasteiger partial charge in [0.1, 0.15) is 0 Å². The lowest BCUT2D eigenvalue weighted by Crippen LogP contribution is -2.13. The molecule has 14 heavy (non-hydrogen) atoms. The fourth-order valence-corrected chi connectivity index (χ4v) is 1.31. The lowest BCUT2D eigenvalue weighted by Gasteiger charge is -2.04. The summed E-state index contributed by atoms with van der Waals surface area (Å²) in [6.07, 6.45) is 0. The highest BCUT2D eigenvalue weighted by Crippen LogP contribution is 2.11. The molecular formula is C9H13N5. The van der Waals surface area contributed by atoms with Gasteiger partial charge in [0.2, 0.25) is 0 Å². The monoisotopic (exact) mass is 191 g/mol. The van der Waals surface area contributed by atoms with Crippen LogP contribution in [0.15, 0.2) is 12.1 Å². The van der Waals surface area contributed by atoms with Crippen molar-refractivity contribution in [3.05, 3.63) is 23.7 Å². The van der Waals surface area contributed by atoms with Crippen LogP contribution >= 0.6 is 0 Å². The van der Waals surface area contributed by atoms with Gasteiger partial charge in [0.05, 0.1) is 5.69 Å². The average molecular weight is 191 g/mol. The van der Waals surface area contributed by atoms with E-state index in [2.05, 4.69) is 15.3 Å². The zero-order chi connectivity index (χ0) is 10.1. The molecule has 2 aromatic rings. The minimum Gasteiger partial charge on any atom is -0.330 e. The van der Waals surface area contributed by atoms with Gasteiger partial charge in [-0.05, 0) is 19.1 Å². The Morgan fingerprint density at radius 3 is 2.93 bits per heavy atom. The van der Waals surface area contributed by atoms with Crippen molar-refractivity contribution >= 4 is 5.65 Å². The second-order valence-electron chi connectivity index (χ2n) is 3.44. The summed E-state index contributed by atoms with van der Waals surface area (Å²) in [6.45, 7) is 4.51. The Balaban J connectivity index is 2.61. The van der Waals surface area contributed by atoms with Crippen molar-refractivity contribution in [1.29, 1.82) is 0 Å². The zero-order valence-electron chi connectivity index (χ0n) is 8.31. The van der Waals surface area contributed by atoms with E-state index in [4.69, 9.17) is 5.73 Å². The first kappa shape index (κ1) is 9.08. The van der Waals surface area contributed by atoms with E-state index < -0.39 is 0 Å². The first-order valence-corrected chi connectivity index (χ1v) is 4.61. The van der Waals surface area contributed by atoms with Crippen molar-refractivity contribution in [2.24, 2.45) is 5.73 Å². The standard InChI is InChI=1S/C9H13N5/c1-6(5-10)9-12-11-8-4-3-7(2)13-14(8)9/h3-4,6H,5,10H2,1-2H3. The van der Waals surface area contributed by atoms with Crippen LogP contribution in [0.3, 0.4) is 0 Å². The van der Waals surface area contributed by atoms with E-state index in [1.54, 1.807) is 4.52 Å². The molecule has 2 aromatic heterocycles. The molecule has 2 heterocycles. The molecule has 74 valence electrons. The molecule has 2 N–H and O–H groups in total. The van der Waals surface area contributed by atoms with Gasteiger partial charge < -0.3 is 5.73 Å². The summed E-state index contributed by atoms with van der Waals surface area (Å²) < 4.78 is 1.76. The van der Waals surface area contributed by atoms with Crippen LogP contribution in [0.5, 0.6) is 0 Å². The van der Waals surface area contributed by atoms with Gasteiger partial charge >= 0.3 is 0 Å². The van der Waals surface area contributed by atoms with E-state index in [9.17, 15) is 0 Å². The molecule has 5 nitrogen and oxygen atoms in total. The maximum absolute atomic E-state index is 5.58. The smallest absolute Gasteiger partial charge is 0.177 e. The molecule has 0 spiro atoms. The highest BCUT2D eigenvalue weighted by atomic mass is 15.4. The van der Waals surface area contributed by atoms with Crippen LogP contribution in [-0.4, -0.2) is 26.4 Å². The van der Waals surface area contributed by atoms with Crippen LogP contribution in [0.25, 0.3) is 5.65 Å². The fourth-order valence-electron chi connectivity index (χ4n) is 1.31. The molecule has 2 rings (SSSR count). The number of hydrogen-bond donors (Lipinski definition) is 1. The van der Waals surface area contributed by atoms with Crippen molar-refractivity contribution in [2.45, 2.75) is 19.8 Å². The van der Waals surface area contributed by atoms with Gasteiger partial charge in [-0.15, -0.1) is 10.2 Å². The second kappa shape index (κ2) is 3.34. The van der Waals surface area contributed by atoms with Gasteiger partial charge in [0.15, 0.2) is 11.5 Å². The van der Waals surface area contributed by atoms with Gasteiger partial charge in [0.25, 0.3) is 0 Å². The summed E-state index contributed by atoms with van der Waals surface area (Å²) in [5.41, 5.74) is 7.30. The van der Waals surface area contributed by atoms with Crippen LogP contribution in [0.1, 0.15) is 24.4 Å². The van der Waals surface area contributed by atoms with Gasteiger partial charge in [-0.1, -0.05) is 6.92 Å². The molecule has 0 fully saturated rings. The van der Waals surface area contributed by atoms with Crippen LogP contribution in [0.4, 0.5) is 0 Å². The second-order valence-corrected chi connectivity index (χ2v) is 3.44. The van der Waals surface area contributed by atoms with Crippen molar-refractivity contribution in [3.63, 3.8) is 0 Å². The van der Waals surface area contributed by atoms with E-state index in [-0.39, 0.29) is 5.92 Å². The minimum absolute atomic E-state index is 0.180. The average Bonchev–Trinajstić information content (AvgIpc) is 2.59. The third-order valence-corrected chi connectivity index (χ3v) is 2.21. The Hall–Kier alpha value is -1.49. The summed E-state index contributed by atoms with van der Waals surface area (Å²) >= 11 is 0. The number of rotatable bonds is 2. The van der Waals surface area contributed by atoms with Gasteiger partial charge in [0, 0.05) is 12.5 Å². The summed E-state index contributed by atoms with van der Waals surface area (Å²) in [7, 11) is 0. The topological polar surface area (TPSA) is 69.1 Å². The molecule has 0 aliphatic rings. The van der Waals surface area contributed by atoms with Crippen LogP contribution in [0, 0.1) is 6.92 Å². The Morgan fingerprint density at radius 2 is 2.21 bits per heavy atom. The van der Waals surface area contributed by atoms with E-state index in [0.717, 1.165) is 17.2 Å². The minimum atomic E-state index is 0.180. The molecule has 0 bridgehead atoms. The number of fused-ring (bicyclic) bond motifs is 1. The molecule has 0 amide bonds. The third kappa shape index (κ3) is 1.35. The molecule has 0 saturated heterocycles. The summed E-state index contributed by atoms with van der Waals surface area (Å²) in [5, 5.41) is 12.4.